The molecule has 0 aliphatic heterocycles. The molecule has 0 atom stereocenters. The van der Waals surface area contributed by atoms with Crippen LogP contribution in [-0.4, -0.2) is 38.5 Å². The summed E-state index contributed by atoms with van der Waals surface area (Å²) in [7, 11) is 1.81. The summed E-state index contributed by atoms with van der Waals surface area (Å²) in [5.74, 6) is 0.507. The van der Waals surface area contributed by atoms with Crippen molar-refractivity contribution in [2.24, 2.45) is 4.99 Å². The molecule has 6 heteroatoms. The van der Waals surface area contributed by atoms with Crippen molar-refractivity contribution in [1.29, 1.82) is 0 Å². The summed E-state index contributed by atoms with van der Waals surface area (Å²) >= 11 is 7.25. The third-order valence-electron chi connectivity index (χ3n) is 1.49. The highest BCUT2D eigenvalue weighted by molar-refractivity contribution is 8.04. The summed E-state index contributed by atoms with van der Waals surface area (Å²) in [5.41, 5.74) is 0.194. The van der Waals surface area contributed by atoms with Crippen molar-refractivity contribution < 1.29 is 4.79 Å². The molecule has 2 N–H and O–H groups in total. The first-order chi connectivity index (χ1) is 7.17. The zero-order chi connectivity index (χ0) is 11.7. The molecule has 15 heavy (non-hydrogen) atoms. The van der Waals surface area contributed by atoms with Crippen molar-refractivity contribution >= 4 is 36.0 Å². The van der Waals surface area contributed by atoms with Crippen LogP contribution in [0.5, 0.6) is 0 Å². The van der Waals surface area contributed by atoms with Crippen molar-refractivity contribution in [3.8, 4) is 0 Å². The smallest absolute Gasteiger partial charge is 0.272 e. The number of nitrogens with one attached hydrogen (secondary N) is 2. The van der Waals surface area contributed by atoms with Gasteiger partial charge < -0.3 is 10.6 Å². The Labute approximate surface area is 99.6 Å². The van der Waals surface area contributed by atoms with Crippen LogP contribution in [0.2, 0.25) is 0 Å². The molecule has 0 heterocycles. The van der Waals surface area contributed by atoms with Crippen LogP contribution in [0.3, 0.4) is 0 Å². The second-order valence-electron chi connectivity index (χ2n) is 2.57. The van der Waals surface area contributed by atoms with Gasteiger partial charge in [0, 0.05) is 13.1 Å². The molecule has 0 rings (SSSR count). The molecule has 0 unspecified atom stereocenters. The molecule has 4 nitrogen and oxygen atoms in total. The summed E-state index contributed by atoms with van der Waals surface area (Å²) in [6.07, 6.45) is 0. The van der Waals surface area contributed by atoms with Crippen LogP contribution in [0.4, 0.5) is 0 Å². The lowest BCUT2D eigenvalue weighted by molar-refractivity contribution is -0.117. The van der Waals surface area contributed by atoms with E-state index in [2.05, 4.69) is 22.3 Å². The number of hydrogen-bond donors (Lipinski definition) is 2. The summed E-state index contributed by atoms with van der Waals surface area (Å²) in [4.78, 5) is 15.2. The quantitative estimate of drug-likeness (QED) is 0.405. The van der Waals surface area contributed by atoms with Gasteiger partial charge in [-0.25, -0.2) is 0 Å². The average molecular weight is 250 g/mol. The molecule has 0 fully saturated rings. The fourth-order valence-electron chi connectivity index (χ4n) is 0.803. The number of hydrogen-bond acceptors (Lipinski definition) is 4. The summed E-state index contributed by atoms with van der Waals surface area (Å²) in [5, 5.41) is 5.60. The number of carbonyl (C=O) groups excluding carboxylic acids is 1. The third-order valence-corrected chi connectivity index (χ3v) is 2.73. The maximum atomic E-state index is 11.5. The van der Waals surface area contributed by atoms with E-state index in [0.717, 1.165) is 5.75 Å². The Kier molecular flexibility index (Phi) is 8.46. The number of rotatable bonds is 7. The minimum atomic E-state index is -0.286. The van der Waals surface area contributed by atoms with Crippen molar-refractivity contribution in [3.63, 3.8) is 0 Å². The molecular weight excluding hydrogens is 234 g/mol. The lowest BCUT2D eigenvalue weighted by Gasteiger charge is -2.06. The molecule has 1 amide bonds. The third kappa shape index (κ3) is 5.81. The highest BCUT2D eigenvalue weighted by Crippen LogP contribution is 2.24. The zero-order valence-electron chi connectivity index (χ0n) is 8.97. The van der Waals surface area contributed by atoms with Crippen LogP contribution in [-0.2, 0) is 4.79 Å². The Hall–Kier alpha value is -0.520. The van der Waals surface area contributed by atoms with E-state index in [9.17, 15) is 4.79 Å². The van der Waals surface area contributed by atoms with Crippen LogP contribution in [0, 0.1) is 0 Å². The van der Waals surface area contributed by atoms with Crippen LogP contribution in [0.25, 0.3) is 0 Å². The highest BCUT2D eigenvalue weighted by Gasteiger charge is 2.11. The van der Waals surface area contributed by atoms with Gasteiger partial charge in [-0.3, -0.25) is 9.79 Å². The first-order valence-corrected chi connectivity index (χ1v) is 5.95. The van der Waals surface area contributed by atoms with Crippen molar-refractivity contribution in [3.05, 3.63) is 10.1 Å². The molecule has 0 aromatic rings. The molecule has 0 aromatic carbocycles. The fourth-order valence-corrected chi connectivity index (χ4v) is 1.82. The van der Waals surface area contributed by atoms with E-state index < -0.39 is 0 Å². The van der Waals surface area contributed by atoms with E-state index in [1.165, 1.54) is 11.8 Å². The second kappa shape index (κ2) is 8.76. The van der Waals surface area contributed by atoms with Crippen molar-refractivity contribution in [2.45, 2.75) is 6.92 Å². The minimum absolute atomic E-state index is 0.194. The lowest BCUT2D eigenvalue weighted by atomic mass is 10.4. The van der Waals surface area contributed by atoms with Gasteiger partial charge in [0.1, 0.15) is 4.36 Å². The molecule has 0 aliphatic rings. The molecule has 0 aromatic heterocycles. The standard InChI is InChI=1S/C9H16ClN3OS/c1-4-15-8(10)7(12-3)9(14)13-6-5-11-2/h11H,3-6H2,1-2H3,(H,13,14)/b8-7-. The van der Waals surface area contributed by atoms with E-state index in [4.69, 9.17) is 11.6 Å². The number of nitrogens with zero attached hydrogens (tertiary/aromatic N) is 1. The molecular formula is C9H16ClN3OS. The molecule has 0 bridgehead atoms. The molecule has 0 spiro atoms. The normalized spacial score (nSPS) is 11.9. The maximum absolute atomic E-state index is 11.5. The lowest BCUT2D eigenvalue weighted by Crippen LogP contribution is -2.31. The van der Waals surface area contributed by atoms with E-state index in [-0.39, 0.29) is 11.6 Å². The topological polar surface area (TPSA) is 53.5 Å². The van der Waals surface area contributed by atoms with Crippen molar-refractivity contribution in [1.82, 2.24) is 10.6 Å². The zero-order valence-corrected chi connectivity index (χ0v) is 10.5. The number of halogens is 1. The van der Waals surface area contributed by atoms with E-state index in [1.807, 2.05) is 14.0 Å². The van der Waals surface area contributed by atoms with Crippen LogP contribution < -0.4 is 10.6 Å². The minimum Gasteiger partial charge on any atom is -0.349 e. The monoisotopic (exact) mass is 249 g/mol. The van der Waals surface area contributed by atoms with E-state index in [1.54, 1.807) is 0 Å². The van der Waals surface area contributed by atoms with Gasteiger partial charge in [0.25, 0.3) is 5.91 Å². The maximum Gasteiger partial charge on any atom is 0.272 e. The Morgan fingerprint density at radius 1 is 1.53 bits per heavy atom. The van der Waals surface area contributed by atoms with Crippen molar-refractivity contribution in [2.75, 3.05) is 25.9 Å². The van der Waals surface area contributed by atoms with Gasteiger partial charge in [-0.15, -0.1) is 11.8 Å². The first kappa shape index (κ1) is 14.5. The predicted octanol–water partition coefficient (Wildman–Crippen LogP) is 1.18. The molecule has 0 radical (unpaired) electrons. The van der Waals surface area contributed by atoms with Gasteiger partial charge in [0.05, 0.1) is 0 Å². The molecule has 86 valence electrons. The van der Waals surface area contributed by atoms with Gasteiger partial charge in [0.2, 0.25) is 0 Å². The Balaban J connectivity index is 4.33. The number of aliphatic imine (C=N–C) groups is 1. The number of amides is 1. The van der Waals surface area contributed by atoms with Gasteiger partial charge in [-0.05, 0) is 19.5 Å². The Morgan fingerprint density at radius 2 is 2.20 bits per heavy atom. The highest BCUT2D eigenvalue weighted by atomic mass is 35.5. The van der Waals surface area contributed by atoms with Gasteiger partial charge in [0.15, 0.2) is 5.70 Å². The summed E-state index contributed by atoms with van der Waals surface area (Å²) in [6, 6.07) is 0. The number of likely N-dealkylation sites (N-methyl/N-ethyl adjacent to an activating group) is 1. The molecule has 0 saturated carbocycles. The Bertz CT molecular complexity index is 256. The van der Waals surface area contributed by atoms with Gasteiger partial charge in [-0.1, -0.05) is 18.5 Å². The largest absolute Gasteiger partial charge is 0.349 e. The van der Waals surface area contributed by atoms with E-state index in [0.29, 0.717) is 17.5 Å². The van der Waals surface area contributed by atoms with Gasteiger partial charge >= 0.3 is 0 Å². The summed E-state index contributed by atoms with van der Waals surface area (Å²) < 4.78 is 0.384. The molecule has 0 saturated heterocycles. The van der Waals surface area contributed by atoms with E-state index >= 15 is 0 Å². The Morgan fingerprint density at radius 3 is 2.67 bits per heavy atom. The molecule has 0 aliphatic carbocycles. The SMILES string of the molecule is C=N/C(C(=O)NCCNC)=C(/Cl)SCC. The van der Waals surface area contributed by atoms with Crippen LogP contribution in [0.15, 0.2) is 15.1 Å². The van der Waals surface area contributed by atoms with Crippen LogP contribution >= 0.6 is 23.4 Å². The fraction of sp³-hybridized carbons (Fsp3) is 0.556. The number of carbonyl (C=O) groups is 1. The second-order valence-corrected chi connectivity index (χ2v) is 4.45. The number of thioether (sulfide) groups is 1. The average Bonchev–Trinajstić information content (AvgIpc) is 2.19. The summed E-state index contributed by atoms with van der Waals surface area (Å²) in [6.45, 7) is 6.52. The first-order valence-electron chi connectivity index (χ1n) is 4.59. The predicted molar refractivity (Wildman–Crippen MR) is 67.5 cm³/mol. The van der Waals surface area contributed by atoms with Gasteiger partial charge in [-0.2, -0.15) is 0 Å². The van der Waals surface area contributed by atoms with Crippen LogP contribution in [0.1, 0.15) is 6.92 Å².